The molecule has 54 heavy (non-hydrogen) atoms. The zero-order valence-electron chi connectivity index (χ0n) is 30.0. The third-order valence-electron chi connectivity index (χ3n) is 10.1. The highest BCUT2D eigenvalue weighted by atomic mass is 15.1. The van der Waals surface area contributed by atoms with Gasteiger partial charge in [-0.1, -0.05) is 140 Å². The van der Waals surface area contributed by atoms with E-state index in [9.17, 15) is 0 Å². The van der Waals surface area contributed by atoms with Gasteiger partial charge < -0.3 is 4.90 Å². The topological polar surface area (TPSA) is 29.0 Å². The predicted octanol–water partition coefficient (Wildman–Crippen LogP) is 13.7. The molecule has 0 saturated carbocycles. The van der Waals surface area contributed by atoms with Crippen LogP contribution in [0.5, 0.6) is 0 Å². The van der Waals surface area contributed by atoms with Crippen LogP contribution in [0, 0.1) is 6.92 Å². The zero-order chi connectivity index (χ0) is 36.3. The van der Waals surface area contributed by atoms with Crippen LogP contribution in [0.1, 0.15) is 5.56 Å². The Balaban J connectivity index is 1.23. The molecule has 2 aromatic heterocycles. The summed E-state index contributed by atoms with van der Waals surface area (Å²) in [5, 5.41) is 2.35. The molecule has 0 bridgehead atoms. The Bertz CT molecular complexity index is 2700. The van der Waals surface area contributed by atoms with Crippen LogP contribution in [0.3, 0.4) is 0 Å². The molecule has 0 aliphatic heterocycles. The third kappa shape index (κ3) is 6.55. The second kappa shape index (κ2) is 14.5. The number of aryl methyl sites for hydroxylation is 1. The number of hydrogen-bond acceptors (Lipinski definition) is 3. The molecule has 0 aliphatic carbocycles. The van der Waals surface area contributed by atoms with Crippen LogP contribution < -0.4 is 4.90 Å². The minimum Gasteiger partial charge on any atom is -0.310 e. The van der Waals surface area contributed by atoms with Crippen molar-refractivity contribution in [3.8, 4) is 55.9 Å². The standard InChI is InChI=1S/C51H37N3/c1-36-35-53-50(34-48(36)41-27-25-39(26-28-41)37-14-4-2-5-15-37)44-30-43(38-16-6-3-7-17-38)32-46(33-44)54(51-24-13-19-40-18-8-9-22-47(40)51)45-21-12-20-42(31-45)49-23-10-11-29-52-49/h2-35H,1H3. The van der Waals surface area contributed by atoms with Crippen molar-refractivity contribution in [3.05, 3.63) is 212 Å². The van der Waals surface area contributed by atoms with E-state index in [4.69, 9.17) is 4.98 Å². The molecule has 3 nitrogen and oxygen atoms in total. The number of aromatic nitrogens is 2. The molecule has 0 saturated heterocycles. The fourth-order valence-corrected chi connectivity index (χ4v) is 7.32. The molecule has 3 heteroatoms. The van der Waals surface area contributed by atoms with Gasteiger partial charge in [-0.25, -0.2) is 0 Å². The van der Waals surface area contributed by atoms with E-state index in [1.807, 2.05) is 24.5 Å². The first-order valence-electron chi connectivity index (χ1n) is 18.3. The number of rotatable bonds is 8. The lowest BCUT2D eigenvalue weighted by Gasteiger charge is -2.28. The minimum atomic E-state index is 0.918. The van der Waals surface area contributed by atoms with Gasteiger partial charge in [0.25, 0.3) is 0 Å². The largest absolute Gasteiger partial charge is 0.310 e. The molecule has 9 aromatic rings. The van der Waals surface area contributed by atoms with Crippen LogP contribution in [0.25, 0.3) is 66.7 Å². The van der Waals surface area contributed by atoms with Gasteiger partial charge in [-0.15, -0.1) is 0 Å². The van der Waals surface area contributed by atoms with Crippen LogP contribution in [0.4, 0.5) is 17.1 Å². The van der Waals surface area contributed by atoms with E-state index in [1.54, 1.807) is 0 Å². The lowest BCUT2D eigenvalue weighted by Crippen LogP contribution is -2.11. The maximum atomic E-state index is 5.06. The lowest BCUT2D eigenvalue weighted by molar-refractivity contribution is 1.26. The van der Waals surface area contributed by atoms with Crippen molar-refractivity contribution in [3.63, 3.8) is 0 Å². The van der Waals surface area contributed by atoms with E-state index >= 15 is 0 Å². The van der Waals surface area contributed by atoms with Crippen LogP contribution in [-0.2, 0) is 0 Å². The molecule has 9 rings (SSSR count). The quantitative estimate of drug-likeness (QED) is 0.159. The van der Waals surface area contributed by atoms with Crippen molar-refractivity contribution in [1.82, 2.24) is 9.97 Å². The fourth-order valence-electron chi connectivity index (χ4n) is 7.32. The molecule has 0 unspecified atom stereocenters. The molecular formula is C51H37N3. The van der Waals surface area contributed by atoms with Gasteiger partial charge in [-0.05, 0) is 106 Å². The molecule has 0 spiro atoms. The maximum Gasteiger partial charge on any atom is 0.0709 e. The smallest absolute Gasteiger partial charge is 0.0709 e. The van der Waals surface area contributed by atoms with Crippen LogP contribution in [0.2, 0.25) is 0 Å². The summed E-state index contributed by atoms with van der Waals surface area (Å²) in [4.78, 5) is 12.1. The third-order valence-corrected chi connectivity index (χ3v) is 10.1. The van der Waals surface area contributed by atoms with Gasteiger partial charge in [0.15, 0.2) is 0 Å². The Morgan fingerprint density at radius 2 is 1.00 bits per heavy atom. The molecule has 0 N–H and O–H groups in total. The summed E-state index contributed by atoms with van der Waals surface area (Å²) in [5.74, 6) is 0. The molecule has 256 valence electrons. The number of benzene rings is 7. The lowest BCUT2D eigenvalue weighted by atomic mass is 9.95. The van der Waals surface area contributed by atoms with Gasteiger partial charge in [-0.2, -0.15) is 0 Å². The number of pyridine rings is 2. The molecule has 0 fully saturated rings. The first kappa shape index (κ1) is 32.8. The van der Waals surface area contributed by atoms with Crippen molar-refractivity contribution in [2.24, 2.45) is 0 Å². The molecular weight excluding hydrogens is 655 g/mol. The molecule has 0 amide bonds. The van der Waals surface area contributed by atoms with Crippen LogP contribution in [0.15, 0.2) is 207 Å². The summed E-state index contributed by atoms with van der Waals surface area (Å²) in [6, 6.07) is 68.9. The Labute approximate surface area is 316 Å². The van der Waals surface area contributed by atoms with E-state index in [2.05, 4.69) is 199 Å². The van der Waals surface area contributed by atoms with Crippen molar-refractivity contribution in [2.75, 3.05) is 4.90 Å². The Hall–Kier alpha value is -7.10. The summed E-state index contributed by atoms with van der Waals surface area (Å²) in [7, 11) is 0. The van der Waals surface area contributed by atoms with Crippen molar-refractivity contribution >= 4 is 27.8 Å². The molecule has 2 heterocycles. The number of fused-ring (bicyclic) bond motifs is 1. The summed E-state index contributed by atoms with van der Waals surface area (Å²) in [5.41, 5.74) is 15.3. The summed E-state index contributed by atoms with van der Waals surface area (Å²) in [6.45, 7) is 2.14. The normalized spacial score (nSPS) is 11.1. The second-order valence-corrected chi connectivity index (χ2v) is 13.6. The van der Waals surface area contributed by atoms with Crippen LogP contribution in [-0.4, -0.2) is 9.97 Å². The predicted molar refractivity (Wildman–Crippen MR) is 226 cm³/mol. The van der Waals surface area contributed by atoms with Crippen molar-refractivity contribution in [2.45, 2.75) is 6.92 Å². The van der Waals surface area contributed by atoms with Crippen LogP contribution >= 0.6 is 0 Å². The highest BCUT2D eigenvalue weighted by Crippen LogP contribution is 2.43. The fraction of sp³-hybridized carbons (Fsp3) is 0.0196. The summed E-state index contributed by atoms with van der Waals surface area (Å²) >= 11 is 0. The highest BCUT2D eigenvalue weighted by molar-refractivity contribution is 6.00. The summed E-state index contributed by atoms with van der Waals surface area (Å²) < 4.78 is 0. The monoisotopic (exact) mass is 691 g/mol. The molecule has 0 atom stereocenters. The Kier molecular flexibility index (Phi) is 8.80. The van der Waals surface area contributed by atoms with E-state index in [1.165, 1.54) is 33.0 Å². The van der Waals surface area contributed by atoms with E-state index in [0.29, 0.717) is 0 Å². The maximum absolute atomic E-state index is 5.06. The SMILES string of the molecule is Cc1cnc(-c2cc(-c3ccccc3)cc(N(c3cccc(-c4ccccn4)c3)c3cccc4ccccc34)c2)cc1-c1ccc(-c2ccccc2)cc1. The van der Waals surface area contributed by atoms with Crippen molar-refractivity contribution < 1.29 is 0 Å². The van der Waals surface area contributed by atoms with E-state index in [-0.39, 0.29) is 0 Å². The van der Waals surface area contributed by atoms with Gasteiger partial charge >= 0.3 is 0 Å². The number of anilines is 3. The molecule has 7 aromatic carbocycles. The first-order valence-corrected chi connectivity index (χ1v) is 18.3. The highest BCUT2D eigenvalue weighted by Gasteiger charge is 2.19. The average Bonchev–Trinajstić information content (AvgIpc) is 3.25. The minimum absolute atomic E-state index is 0.918. The Morgan fingerprint density at radius 3 is 1.78 bits per heavy atom. The first-order chi connectivity index (χ1) is 26.7. The molecule has 0 aliphatic rings. The summed E-state index contributed by atoms with van der Waals surface area (Å²) in [6.07, 6.45) is 3.85. The van der Waals surface area contributed by atoms with Gasteiger partial charge in [0, 0.05) is 40.3 Å². The van der Waals surface area contributed by atoms with E-state index in [0.717, 1.165) is 56.3 Å². The van der Waals surface area contributed by atoms with Gasteiger partial charge in [0.2, 0.25) is 0 Å². The second-order valence-electron chi connectivity index (χ2n) is 13.6. The van der Waals surface area contributed by atoms with Crippen molar-refractivity contribution in [1.29, 1.82) is 0 Å². The van der Waals surface area contributed by atoms with Gasteiger partial charge in [0.05, 0.1) is 17.1 Å². The number of nitrogens with zero attached hydrogens (tertiary/aromatic N) is 3. The van der Waals surface area contributed by atoms with Gasteiger partial charge in [-0.3, -0.25) is 9.97 Å². The molecule has 0 radical (unpaired) electrons. The Morgan fingerprint density at radius 1 is 0.389 bits per heavy atom. The number of hydrogen-bond donors (Lipinski definition) is 0. The van der Waals surface area contributed by atoms with E-state index < -0.39 is 0 Å². The van der Waals surface area contributed by atoms with Gasteiger partial charge in [0.1, 0.15) is 0 Å². The average molecular weight is 692 g/mol. The zero-order valence-corrected chi connectivity index (χ0v) is 30.0.